The minimum atomic E-state index is -1.34. The molecule has 0 radical (unpaired) electrons. The molecule has 1 aliphatic rings. The Kier molecular flexibility index (Phi) is 7.49. The zero-order valence-corrected chi connectivity index (χ0v) is 20.7. The maximum atomic E-state index is 12.7. The molecule has 0 spiro atoms. The molecule has 1 amide bonds. The lowest BCUT2D eigenvalue weighted by Gasteiger charge is -2.28. The molecule has 2 N–H and O–H groups in total. The number of nitrogens with one attached hydrogen (secondary N) is 1. The molecule has 0 saturated carbocycles. The fourth-order valence-electron chi connectivity index (χ4n) is 3.44. The number of anilines is 1. The van der Waals surface area contributed by atoms with Crippen molar-refractivity contribution >= 4 is 20.2 Å². The Morgan fingerprint density at radius 3 is 2.03 bits per heavy atom. The summed E-state index contributed by atoms with van der Waals surface area (Å²) in [5.41, 5.74) is 2.79. The minimum Gasteiger partial charge on any atom is -0.507 e. The first-order valence-corrected chi connectivity index (χ1v) is 12.0. The number of amides is 1. The van der Waals surface area contributed by atoms with Gasteiger partial charge in [-0.05, 0) is 58.2 Å². The first kappa shape index (κ1) is 24.5. The third-order valence-corrected chi connectivity index (χ3v) is 6.30. The highest BCUT2D eigenvalue weighted by Gasteiger charge is 2.27. The van der Waals surface area contributed by atoms with Crippen molar-refractivity contribution < 1.29 is 23.5 Å². The molecule has 3 rings (SSSR count). The van der Waals surface area contributed by atoms with E-state index in [0.29, 0.717) is 30.4 Å². The van der Waals surface area contributed by atoms with Gasteiger partial charge >= 0.3 is 8.60 Å². The van der Waals surface area contributed by atoms with Crippen LogP contribution in [0.4, 0.5) is 5.69 Å². The molecule has 2 aromatic rings. The van der Waals surface area contributed by atoms with E-state index >= 15 is 0 Å². The lowest BCUT2D eigenvalue weighted by Crippen LogP contribution is -2.20. The van der Waals surface area contributed by atoms with Crippen LogP contribution in [0.15, 0.2) is 36.4 Å². The van der Waals surface area contributed by atoms with Gasteiger partial charge in [0.2, 0.25) is 5.91 Å². The van der Waals surface area contributed by atoms with E-state index in [4.69, 9.17) is 13.6 Å². The maximum absolute atomic E-state index is 12.7. The van der Waals surface area contributed by atoms with Crippen molar-refractivity contribution in [1.29, 1.82) is 0 Å². The molecule has 174 valence electrons. The van der Waals surface area contributed by atoms with Crippen molar-refractivity contribution in [3.8, 4) is 11.5 Å². The van der Waals surface area contributed by atoms with Gasteiger partial charge in [0.1, 0.15) is 11.5 Å². The van der Waals surface area contributed by atoms with Crippen molar-refractivity contribution in [2.45, 2.75) is 65.2 Å². The lowest BCUT2D eigenvalue weighted by atomic mass is 9.78. The summed E-state index contributed by atoms with van der Waals surface area (Å²) in [6.07, 6.45) is 1.10. The van der Waals surface area contributed by atoms with Gasteiger partial charge in [0.25, 0.3) is 0 Å². The number of carbonyl (C=O) groups is 1. The third-order valence-electron chi connectivity index (χ3n) is 5.15. The van der Waals surface area contributed by atoms with Crippen LogP contribution in [0.2, 0.25) is 0 Å². The van der Waals surface area contributed by atoms with Crippen LogP contribution in [-0.2, 0) is 31.1 Å². The summed E-state index contributed by atoms with van der Waals surface area (Å²) in [5.74, 6) is 0.837. The topological polar surface area (TPSA) is 77.0 Å². The Morgan fingerprint density at radius 2 is 1.53 bits per heavy atom. The Bertz CT molecular complexity index is 903. The van der Waals surface area contributed by atoms with Gasteiger partial charge in [-0.3, -0.25) is 4.79 Å². The maximum Gasteiger partial charge on any atom is 0.397 e. The van der Waals surface area contributed by atoms with Gasteiger partial charge in [-0.15, -0.1) is 0 Å². The first-order valence-electron chi connectivity index (χ1n) is 10.9. The fraction of sp³-hybridized carbons (Fsp3) is 0.480. The number of benzene rings is 2. The zero-order chi connectivity index (χ0) is 23.5. The highest BCUT2D eigenvalue weighted by molar-refractivity contribution is 7.42. The quantitative estimate of drug-likeness (QED) is 0.520. The summed E-state index contributed by atoms with van der Waals surface area (Å²) in [5, 5.41) is 13.8. The van der Waals surface area contributed by atoms with Gasteiger partial charge in [0, 0.05) is 5.69 Å². The smallest absolute Gasteiger partial charge is 0.397 e. The number of phenols is 1. The summed E-state index contributed by atoms with van der Waals surface area (Å²) in [6.45, 7) is 13.7. The molecule has 1 saturated heterocycles. The SMILES string of the molecule is CC(C)(C)c1cc(CC(=O)Nc2ccc(OP3OCCCO3)cc2)cc(C(C)(C)C)c1O. The first-order chi connectivity index (χ1) is 14.9. The van der Waals surface area contributed by atoms with Crippen LogP contribution in [0.3, 0.4) is 0 Å². The van der Waals surface area contributed by atoms with E-state index in [2.05, 4.69) is 46.9 Å². The van der Waals surface area contributed by atoms with Crippen molar-refractivity contribution in [3.63, 3.8) is 0 Å². The molecule has 0 unspecified atom stereocenters. The van der Waals surface area contributed by atoms with E-state index in [9.17, 15) is 9.90 Å². The van der Waals surface area contributed by atoms with Gasteiger partial charge in [-0.2, -0.15) is 0 Å². The van der Waals surface area contributed by atoms with E-state index in [1.807, 2.05) is 12.1 Å². The highest BCUT2D eigenvalue weighted by Crippen LogP contribution is 2.43. The molecule has 0 bridgehead atoms. The summed E-state index contributed by atoms with van der Waals surface area (Å²) >= 11 is 0. The second kappa shape index (κ2) is 9.78. The van der Waals surface area contributed by atoms with E-state index in [1.54, 1.807) is 24.3 Å². The molecule has 2 aromatic carbocycles. The second-order valence-corrected chi connectivity index (χ2v) is 11.3. The predicted molar refractivity (Wildman–Crippen MR) is 128 cm³/mol. The van der Waals surface area contributed by atoms with E-state index in [1.165, 1.54) is 0 Å². The number of carbonyl (C=O) groups excluding carboxylic acids is 1. The van der Waals surface area contributed by atoms with Crippen molar-refractivity contribution in [3.05, 3.63) is 53.1 Å². The second-order valence-electron chi connectivity index (χ2n) is 10.1. The molecule has 0 aliphatic carbocycles. The number of hydrogen-bond donors (Lipinski definition) is 2. The van der Waals surface area contributed by atoms with Crippen LogP contribution in [-0.4, -0.2) is 24.2 Å². The lowest BCUT2D eigenvalue weighted by molar-refractivity contribution is -0.115. The van der Waals surface area contributed by atoms with Crippen molar-refractivity contribution in [2.24, 2.45) is 0 Å². The summed E-state index contributed by atoms with van der Waals surface area (Å²) < 4.78 is 16.6. The Hall–Kier alpha value is -2.14. The standard InChI is InChI=1S/C25H34NO5P/c1-24(2,3)20-14-17(15-21(23(20)28)25(4,5)6)16-22(27)26-18-8-10-19(11-9-18)31-32-29-12-7-13-30-32/h8-11,14-15,28H,7,12-13,16H2,1-6H3,(H,26,27). The normalized spacial score (nSPS) is 15.4. The van der Waals surface area contributed by atoms with Gasteiger partial charge in [-0.25, -0.2) is 0 Å². The Balaban J connectivity index is 1.70. The van der Waals surface area contributed by atoms with Crippen LogP contribution >= 0.6 is 8.60 Å². The van der Waals surface area contributed by atoms with Crippen LogP contribution < -0.4 is 9.84 Å². The predicted octanol–water partition coefficient (Wildman–Crippen LogP) is 6.21. The van der Waals surface area contributed by atoms with Crippen LogP contribution in [0.25, 0.3) is 0 Å². The third kappa shape index (κ3) is 6.44. The molecule has 0 atom stereocenters. The summed E-state index contributed by atoms with van der Waals surface area (Å²) in [6, 6.07) is 11.0. The molecule has 7 heteroatoms. The fourth-order valence-corrected chi connectivity index (χ4v) is 4.47. The monoisotopic (exact) mass is 459 g/mol. The van der Waals surface area contributed by atoms with Gasteiger partial charge in [0.15, 0.2) is 0 Å². The number of hydrogen-bond acceptors (Lipinski definition) is 5. The largest absolute Gasteiger partial charge is 0.507 e. The summed E-state index contributed by atoms with van der Waals surface area (Å²) in [4.78, 5) is 12.7. The van der Waals surface area contributed by atoms with E-state index in [-0.39, 0.29) is 23.2 Å². The zero-order valence-electron chi connectivity index (χ0n) is 19.8. The van der Waals surface area contributed by atoms with Crippen molar-refractivity contribution in [2.75, 3.05) is 18.5 Å². The van der Waals surface area contributed by atoms with Crippen LogP contribution in [0.1, 0.15) is 64.7 Å². The molecule has 6 nitrogen and oxygen atoms in total. The van der Waals surface area contributed by atoms with E-state index < -0.39 is 8.60 Å². The Morgan fingerprint density at radius 1 is 1.00 bits per heavy atom. The minimum absolute atomic E-state index is 0.118. The number of rotatable bonds is 5. The summed E-state index contributed by atoms with van der Waals surface area (Å²) in [7, 11) is -1.34. The van der Waals surface area contributed by atoms with Crippen LogP contribution in [0, 0.1) is 0 Å². The molecule has 1 heterocycles. The molecule has 1 fully saturated rings. The average molecular weight is 460 g/mol. The number of phenolic OH excluding ortho intramolecular Hbond substituents is 1. The van der Waals surface area contributed by atoms with Gasteiger partial charge in [0.05, 0.1) is 19.6 Å². The van der Waals surface area contributed by atoms with Gasteiger partial charge < -0.3 is 24.0 Å². The molecule has 1 aliphatic heterocycles. The highest BCUT2D eigenvalue weighted by atomic mass is 31.2. The van der Waals surface area contributed by atoms with Crippen molar-refractivity contribution in [1.82, 2.24) is 0 Å². The molecular weight excluding hydrogens is 425 g/mol. The van der Waals surface area contributed by atoms with E-state index in [0.717, 1.165) is 23.1 Å². The van der Waals surface area contributed by atoms with Crippen LogP contribution in [0.5, 0.6) is 11.5 Å². The Labute approximate surface area is 192 Å². The molecular formula is C25H34NO5P. The number of aromatic hydroxyl groups is 1. The molecule has 32 heavy (non-hydrogen) atoms. The van der Waals surface area contributed by atoms with Gasteiger partial charge in [-0.1, -0.05) is 53.7 Å². The molecule has 0 aromatic heterocycles. The average Bonchev–Trinajstić information content (AvgIpc) is 2.70.